The first-order valence-electron chi connectivity index (χ1n) is 7.03. The molecule has 0 radical (unpaired) electrons. The lowest BCUT2D eigenvalue weighted by atomic mass is 10.1. The highest BCUT2D eigenvalue weighted by Gasteiger charge is 2.01. The Balaban J connectivity index is 2.09. The number of nitrogens with one attached hydrogen (secondary N) is 1. The molecule has 0 saturated heterocycles. The molecule has 0 aliphatic heterocycles. The molecule has 1 aromatic carbocycles. The standard InChI is InChI=1S/C16H25N3/c1-14(2)19(3)11-5-4-10-18-13-16-8-6-15(12-17)7-9-16/h6-9,14,18H,4-5,10-11,13H2,1-3H3. The van der Waals surface area contributed by atoms with Gasteiger partial charge in [-0.1, -0.05) is 12.1 Å². The molecular formula is C16H25N3. The molecule has 3 heteroatoms. The van der Waals surface area contributed by atoms with Crippen LogP contribution in [0, 0.1) is 11.3 Å². The lowest BCUT2D eigenvalue weighted by Crippen LogP contribution is -2.27. The summed E-state index contributed by atoms with van der Waals surface area (Å²) in [4.78, 5) is 2.38. The minimum Gasteiger partial charge on any atom is -0.313 e. The summed E-state index contributed by atoms with van der Waals surface area (Å²) in [6.07, 6.45) is 2.43. The van der Waals surface area contributed by atoms with Gasteiger partial charge in [0.05, 0.1) is 11.6 Å². The minimum absolute atomic E-state index is 0.631. The van der Waals surface area contributed by atoms with E-state index in [1.807, 2.05) is 24.3 Å². The van der Waals surface area contributed by atoms with Crippen molar-refractivity contribution in [2.24, 2.45) is 0 Å². The Morgan fingerprint density at radius 3 is 2.47 bits per heavy atom. The van der Waals surface area contributed by atoms with E-state index in [9.17, 15) is 0 Å². The monoisotopic (exact) mass is 259 g/mol. The second kappa shape index (κ2) is 8.68. The molecule has 0 bridgehead atoms. The van der Waals surface area contributed by atoms with Gasteiger partial charge in [-0.3, -0.25) is 0 Å². The first-order valence-corrected chi connectivity index (χ1v) is 7.03. The van der Waals surface area contributed by atoms with Gasteiger partial charge < -0.3 is 10.2 Å². The van der Waals surface area contributed by atoms with Gasteiger partial charge in [-0.05, 0) is 64.5 Å². The molecule has 0 aliphatic carbocycles. The van der Waals surface area contributed by atoms with Crippen molar-refractivity contribution in [3.63, 3.8) is 0 Å². The zero-order valence-electron chi connectivity index (χ0n) is 12.3. The molecular weight excluding hydrogens is 234 g/mol. The van der Waals surface area contributed by atoms with E-state index in [1.54, 1.807) is 0 Å². The molecule has 0 spiro atoms. The predicted molar refractivity (Wildman–Crippen MR) is 79.9 cm³/mol. The van der Waals surface area contributed by atoms with Gasteiger partial charge in [0, 0.05) is 12.6 Å². The molecule has 0 heterocycles. The molecule has 0 aromatic heterocycles. The van der Waals surface area contributed by atoms with Gasteiger partial charge in [0.15, 0.2) is 0 Å². The third-order valence-electron chi connectivity index (χ3n) is 3.41. The number of hydrogen-bond donors (Lipinski definition) is 1. The first-order chi connectivity index (χ1) is 9.13. The smallest absolute Gasteiger partial charge is 0.0991 e. The van der Waals surface area contributed by atoms with Gasteiger partial charge in [0.2, 0.25) is 0 Å². The SMILES string of the molecule is CC(C)N(C)CCCCNCc1ccc(C#N)cc1. The van der Waals surface area contributed by atoms with Crippen LogP contribution in [0.25, 0.3) is 0 Å². The van der Waals surface area contributed by atoms with Crippen LogP contribution in [-0.2, 0) is 6.54 Å². The minimum atomic E-state index is 0.631. The van der Waals surface area contributed by atoms with Gasteiger partial charge in [0.25, 0.3) is 0 Å². The van der Waals surface area contributed by atoms with Crippen LogP contribution < -0.4 is 5.32 Å². The van der Waals surface area contributed by atoms with Crippen LogP contribution in [-0.4, -0.2) is 31.1 Å². The summed E-state index contributed by atoms with van der Waals surface area (Å²) in [5.74, 6) is 0. The Labute approximate surface area is 117 Å². The van der Waals surface area contributed by atoms with E-state index >= 15 is 0 Å². The average molecular weight is 259 g/mol. The van der Waals surface area contributed by atoms with Crippen LogP contribution in [0.3, 0.4) is 0 Å². The Bertz CT molecular complexity index is 389. The molecule has 1 rings (SSSR count). The highest BCUT2D eigenvalue weighted by molar-refractivity contribution is 5.31. The summed E-state index contributed by atoms with van der Waals surface area (Å²) in [6.45, 7) is 7.54. The molecule has 0 aliphatic rings. The number of hydrogen-bond acceptors (Lipinski definition) is 3. The van der Waals surface area contributed by atoms with Crippen LogP contribution >= 0.6 is 0 Å². The van der Waals surface area contributed by atoms with E-state index in [0.29, 0.717) is 6.04 Å². The van der Waals surface area contributed by atoms with Crippen molar-refractivity contribution in [3.8, 4) is 6.07 Å². The van der Waals surface area contributed by atoms with E-state index in [-0.39, 0.29) is 0 Å². The maximum atomic E-state index is 8.72. The number of rotatable bonds is 8. The topological polar surface area (TPSA) is 39.1 Å². The number of nitrogens with zero attached hydrogens (tertiary/aromatic N) is 2. The molecule has 1 N–H and O–H groups in total. The van der Waals surface area contributed by atoms with Crippen molar-refractivity contribution in [2.45, 2.75) is 39.3 Å². The Hall–Kier alpha value is -1.37. The van der Waals surface area contributed by atoms with E-state index in [1.165, 1.54) is 18.4 Å². The Morgan fingerprint density at radius 2 is 1.89 bits per heavy atom. The quantitative estimate of drug-likeness (QED) is 0.730. The fraction of sp³-hybridized carbons (Fsp3) is 0.562. The van der Waals surface area contributed by atoms with Gasteiger partial charge in [-0.2, -0.15) is 5.26 Å². The molecule has 19 heavy (non-hydrogen) atoms. The lowest BCUT2D eigenvalue weighted by Gasteiger charge is -2.20. The third-order valence-corrected chi connectivity index (χ3v) is 3.41. The second-order valence-electron chi connectivity index (χ2n) is 5.27. The molecule has 0 saturated carbocycles. The third kappa shape index (κ3) is 6.37. The number of benzene rings is 1. The van der Waals surface area contributed by atoms with E-state index < -0.39 is 0 Å². The van der Waals surface area contributed by atoms with Gasteiger partial charge in [-0.15, -0.1) is 0 Å². The fourth-order valence-corrected chi connectivity index (χ4v) is 1.80. The molecule has 0 fully saturated rings. The predicted octanol–water partition coefficient (Wildman–Crippen LogP) is 2.77. The normalized spacial score (nSPS) is 10.9. The highest BCUT2D eigenvalue weighted by Crippen LogP contribution is 2.03. The van der Waals surface area contributed by atoms with Crippen LogP contribution in [0.1, 0.15) is 37.8 Å². The summed E-state index contributed by atoms with van der Waals surface area (Å²) in [7, 11) is 2.18. The summed E-state index contributed by atoms with van der Waals surface area (Å²) in [6, 6.07) is 10.5. The highest BCUT2D eigenvalue weighted by atomic mass is 15.1. The lowest BCUT2D eigenvalue weighted by molar-refractivity contribution is 0.268. The molecule has 0 amide bonds. The molecule has 104 valence electrons. The molecule has 0 atom stereocenters. The van der Waals surface area contributed by atoms with Gasteiger partial charge in [-0.25, -0.2) is 0 Å². The molecule has 3 nitrogen and oxygen atoms in total. The molecule has 0 unspecified atom stereocenters. The second-order valence-corrected chi connectivity index (χ2v) is 5.27. The summed E-state index contributed by atoms with van der Waals surface area (Å²) < 4.78 is 0. The number of nitriles is 1. The van der Waals surface area contributed by atoms with Crippen molar-refractivity contribution in [1.82, 2.24) is 10.2 Å². The van der Waals surface area contributed by atoms with E-state index in [0.717, 1.165) is 25.2 Å². The van der Waals surface area contributed by atoms with Gasteiger partial charge in [0.1, 0.15) is 0 Å². The van der Waals surface area contributed by atoms with Crippen molar-refractivity contribution in [2.75, 3.05) is 20.1 Å². The van der Waals surface area contributed by atoms with Gasteiger partial charge >= 0.3 is 0 Å². The van der Waals surface area contributed by atoms with E-state index in [4.69, 9.17) is 5.26 Å². The van der Waals surface area contributed by atoms with Crippen molar-refractivity contribution in [1.29, 1.82) is 5.26 Å². The largest absolute Gasteiger partial charge is 0.313 e. The van der Waals surface area contributed by atoms with Crippen molar-refractivity contribution >= 4 is 0 Å². The van der Waals surface area contributed by atoms with Crippen LogP contribution in [0.4, 0.5) is 0 Å². The average Bonchev–Trinajstić information content (AvgIpc) is 2.42. The van der Waals surface area contributed by atoms with Crippen LogP contribution in [0.5, 0.6) is 0 Å². The fourth-order valence-electron chi connectivity index (χ4n) is 1.80. The number of unbranched alkanes of at least 4 members (excludes halogenated alkanes) is 1. The summed E-state index contributed by atoms with van der Waals surface area (Å²) >= 11 is 0. The first kappa shape index (κ1) is 15.7. The van der Waals surface area contributed by atoms with Crippen LogP contribution in [0.2, 0.25) is 0 Å². The Morgan fingerprint density at radius 1 is 1.21 bits per heavy atom. The summed E-state index contributed by atoms with van der Waals surface area (Å²) in [5, 5.41) is 12.2. The van der Waals surface area contributed by atoms with Crippen molar-refractivity contribution < 1.29 is 0 Å². The Kier molecular flexibility index (Phi) is 7.17. The van der Waals surface area contributed by atoms with Crippen molar-refractivity contribution in [3.05, 3.63) is 35.4 Å². The molecule has 1 aromatic rings. The zero-order valence-corrected chi connectivity index (χ0v) is 12.3. The van der Waals surface area contributed by atoms with E-state index in [2.05, 4.69) is 37.2 Å². The maximum absolute atomic E-state index is 8.72. The van der Waals surface area contributed by atoms with Crippen LogP contribution in [0.15, 0.2) is 24.3 Å². The maximum Gasteiger partial charge on any atom is 0.0991 e. The summed E-state index contributed by atoms with van der Waals surface area (Å²) in [5.41, 5.74) is 1.96. The zero-order chi connectivity index (χ0) is 14.1.